The predicted octanol–water partition coefficient (Wildman–Crippen LogP) is 5.82. The van der Waals surface area contributed by atoms with E-state index >= 15 is 0 Å². The summed E-state index contributed by atoms with van der Waals surface area (Å²) in [4.78, 5) is 36.0. The smallest absolute Gasteiger partial charge is 0.349 e. The molecule has 0 aliphatic rings. The second-order valence-corrected chi connectivity index (χ2v) is 10.2. The largest absolute Gasteiger partial charge is 0.487 e. The third-order valence-electron chi connectivity index (χ3n) is 5.85. The Morgan fingerprint density at radius 1 is 1.02 bits per heavy atom. The Bertz CT molecular complexity index is 1690. The van der Waals surface area contributed by atoms with Crippen molar-refractivity contribution in [2.45, 2.75) is 13.5 Å². The first-order valence-electron chi connectivity index (χ1n) is 12.2. The molecule has 5 aromatic rings. The van der Waals surface area contributed by atoms with Gasteiger partial charge in [-0.2, -0.15) is 0 Å². The minimum atomic E-state index is -4.41. The van der Waals surface area contributed by atoms with Crippen molar-refractivity contribution in [3.05, 3.63) is 120 Å². The highest BCUT2D eigenvalue weighted by molar-refractivity contribution is 7.55. The molecule has 0 aliphatic carbocycles. The molecule has 202 valence electrons. The fraction of sp³-hybridized carbons (Fsp3) is 0.0690. The van der Waals surface area contributed by atoms with Gasteiger partial charge in [-0.05, 0) is 61.5 Å². The van der Waals surface area contributed by atoms with Gasteiger partial charge in [0, 0.05) is 28.7 Å². The number of anilines is 1. The number of carbonyl (C=O) groups is 1. The van der Waals surface area contributed by atoms with E-state index in [9.17, 15) is 19.1 Å². The summed E-state index contributed by atoms with van der Waals surface area (Å²) in [5.74, 6) is 2.19. The number of nitrogens with zero attached hydrogens (tertiary/aromatic N) is 3. The van der Waals surface area contributed by atoms with Crippen LogP contribution in [0.25, 0.3) is 23.2 Å². The molecule has 3 aromatic carbocycles. The van der Waals surface area contributed by atoms with Gasteiger partial charge in [0.25, 0.3) is 5.91 Å². The maximum absolute atomic E-state index is 13.0. The zero-order valence-electron chi connectivity index (χ0n) is 21.3. The van der Waals surface area contributed by atoms with Crippen molar-refractivity contribution in [1.29, 1.82) is 0 Å². The molecule has 2 aromatic heterocycles. The van der Waals surface area contributed by atoms with Gasteiger partial charge >= 0.3 is 7.60 Å². The monoisotopic (exact) mass is 556 g/mol. The van der Waals surface area contributed by atoms with Crippen molar-refractivity contribution >= 4 is 25.4 Å². The van der Waals surface area contributed by atoms with Crippen molar-refractivity contribution in [2.24, 2.45) is 0 Å². The van der Waals surface area contributed by atoms with Gasteiger partial charge in [0.2, 0.25) is 5.89 Å². The van der Waals surface area contributed by atoms with Gasteiger partial charge in [-0.15, -0.1) is 5.10 Å². The third kappa shape index (κ3) is 6.62. The number of hydrogen-bond donors (Lipinski definition) is 3. The summed E-state index contributed by atoms with van der Waals surface area (Å²) in [6.07, 6.45) is 2.80. The zero-order chi connectivity index (χ0) is 28.1. The van der Waals surface area contributed by atoms with Crippen molar-refractivity contribution in [3.63, 3.8) is 0 Å². The molecule has 11 heteroatoms. The highest BCUT2D eigenvalue weighted by atomic mass is 31.2. The predicted molar refractivity (Wildman–Crippen MR) is 150 cm³/mol. The summed E-state index contributed by atoms with van der Waals surface area (Å²) in [5.41, 5.74) is 2.94. The molecular formula is C29H25N4O6P. The number of benzene rings is 3. The van der Waals surface area contributed by atoms with E-state index in [1.54, 1.807) is 30.5 Å². The quantitative estimate of drug-likeness (QED) is 0.193. The van der Waals surface area contributed by atoms with E-state index in [4.69, 9.17) is 9.15 Å². The van der Waals surface area contributed by atoms with Crippen molar-refractivity contribution in [1.82, 2.24) is 14.8 Å². The Balaban J connectivity index is 1.28. The van der Waals surface area contributed by atoms with Gasteiger partial charge in [0.1, 0.15) is 23.8 Å². The summed E-state index contributed by atoms with van der Waals surface area (Å²) in [6, 6.07) is 25.3. The van der Waals surface area contributed by atoms with Gasteiger partial charge in [0.05, 0.1) is 5.69 Å². The Hall–Kier alpha value is -4.76. The number of aryl methyl sites for hydroxylation is 1. The molecule has 0 aliphatic heterocycles. The van der Waals surface area contributed by atoms with E-state index in [1.807, 2.05) is 67.6 Å². The van der Waals surface area contributed by atoms with E-state index in [0.29, 0.717) is 39.9 Å². The molecule has 2 heterocycles. The molecule has 0 unspecified atom stereocenters. The molecule has 10 nitrogen and oxygen atoms in total. The number of carbonyl (C=O) groups excluding carboxylic acids is 1. The van der Waals surface area contributed by atoms with Crippen LogP contribution in [0.5, 0.6) is 5.75 Å². The Labute approximate surface area is 229 Å². The van der Waals surface area contributed by atoms with E-state index in [-0.39, 0.29) is 12.4 Å². The molecule has 40 heavy (non-hydrogen) atoms. The molecule has 0 bridgehead atoms. The van der Waals surface area contributed by atoms with Crippen molar-refractivity contribution in [2.75, 3.05) is 5.32 Å². The van der Waals surface area contributed by atoms with Crippen LogP contribution in [-0.4, -0.2) is 30.5 Å². The van der Waals surface area contributed by atoms with Crippen LogP contribution in [0.3, 0.4) is 0 Å². The zero-order valence-corrected chi connectivity index (χ0v) is 22.2. The molecule has 0 atom stereocenters. The molecule has 1 amide bonds. The van der Waals surface area contributed by atoms with Crippen LogP contribution in [0.1, 0.15) is 27.4 Å². The first-order chi connectivity index (χ1) is 19.2. The number of amides is 1. The van der Waals surface area contributed by atoms with E-state index in [1.165, 1.54) is 10.8 Å². The average Bonchev–Trinajstić information content (AvgIpc) is 3.54. The molecule has 0 saturated heterocycles. The Kier molecular flexibility index (Phi) is 7.75. The number of aromatic nitrogens is 3. The fourth-order valence-electron chi connectivity index (χ4n) is 3.80. The average molecular weight is 557 g/mol. The Morgan fingerprint density at radius 2 is 1.70 bits per heavy atom. The van der Waals surface area contributed by atoms with Crippen LogP contribution in [0.2, 0.25) is 0 Å². The molecule has 0 radical (unpaired) electrons. The minimum absolute atomic E-state index is 0.148. The maximum Gasteiger partial charge on any atom is 0.349 e. The van der Waals surface area contributed by atoms with E-state index in [0.717, 1.165) is 11.4 Å². The van der Waals surface area contributed by atoms with E-state index < -0.39 is 13.5 Å². The number of oxazole rings is 1. The van der Waals surface area contributed by atoms with Crippen LogP contribution in [-0.2, 0) is 11.2 Å². The molecule has 0 spiro atoms. The molecular weight excluding hydrogens is 531 g/mol. The minimum Gasteiger partial charge on any atom is -0.487 e. The number of hydrogen-bond acceptors (Lipinski definition) is 6. The summed E-state index contributed by atoms with van der Waals surface area (Å²) < 4.78 is 24.5. The van der Waals surface area contributed by atoms with E-state index in [2.05, 4.69) is 15.4 Å². The molecule has 3 N–H and O–H groups in total. The number of ether oxygens (including phenoxy) is 1. The topological polar surface area (TPSA) is 140 Å². The molecule has 0 saturated carbocycles. The van der Waals surface area contributed by atoms with Gasteiger partial charge in [0.15, 0.2) is 5.82 Å². The van der Waals surface area contributed by atoms with Crippen LogP contribution in [0.4, 0.5) is 5.82 Å². The summed E-state index contributed by atoms with van der Waals surface area (Å²) in [5, 5.41) is 7.12. The third-order valence-corrected chi connectivity index (χ3v) is 6.39. The normalized spacial score (nSPS) is 11.6. The van der Waals surface area contributed by atoms with Crippen LogP contribution >= 0.6 is 7.60 Å². The number of rotatable bonds is 9. The lowest BCUT2D eigenvalue weighted by Crippen LogP contribution is -2.13. The van der Waals surface area contributed by atoms with Crippen LogP contribution in [0.15, 0.2) is 101 Å². The summed E-state index contributed by atoms with van der Waals surface area (Å²) >= 11 is 0. The van der Waals surface area contributed by atoms with Gasteiger partial charge in [-0.3, -0.25) is 9.36 Å². The summed E-state index contributed by atoms with van der Waals surface area (Å²) in [6.45, 7) is 2.02. The van der Waals surface area contributed by atoms with Crippen molar-refractivity contribution in [3.8, 4) is 22.9 Å². The molecule has 0 fully saturated rings. The second kappa shape index (κ2) is 11.5. The lowest BCUT2D eigenvalue weighted by Gasteiger charge is -2.07. The molecule has 5 rings (SSSR count). The first-order valence-corrected chi connectivity index (χ1v) is 13.9. The SMILES string of the molecule is Cc1oc(-c2ccccc2)nc1COc1ccc(C(=O)Nc2nn(-c3ccccc3)cc2C=CP(=O)(O)O)cc1. The summed E-state index contributed by atoms with van der Waals surface area (Å²) in [7, 11) is -4.41. The second-order valence-electron chi connectivity index (χ2n) is 8.77. The van der Waals surface area contributed by atoms with Gasteiger partial charge in [-0.25, -0.2) is 9.67 Å². The maximum atomic E-state index is 13.0. The first kappa shape index (κ1) is 26.8. The standard InChI is InChI=1S/C29H25N4O6P/c1-20-26(30-29(39-20)22-8-4-2-5-9-22)19-38-25-14-12-21(13-15-25)28(34)31-27-23(16-17-40(35,36)37)18-33(32-27)24-10-6-3-7-11-24/h2-18H,19H2,1H3,(H,31,32,34)(H2,35,36,37). The van der Waals surface area contributed by atoms with Crippen LogP contribution in [0, 0.1) is 6.92 Å². The lowest BCUT2D eigenvalue weighted by molar-refractivity contribution is 0.102. The Morgan fingerprint density at radius 3 is 2.38 bits per heavy atom. The highest BCUT2D eigenvalue weighted by Crippen LogP contribution is 2.37. The lowest BCUT2D eigenvalue weighted by atomic mass is 10.2. The van der Waals surface area contributed by atoms with Gasteiger partial charge < -0.3 is 24.3 Å². The number of para-hydroxylation sites is 1. The highest BCUT2D eigenvalue weighted by Gasteiger charge is 2.16. The number of nitrogens with one attached hydrogen (secondary N) is 1. The fourth-order valence-corrected chi connectivity index (χ4v) is 4.15. The van der Waals surface area contributed by atoms with Crippen molar-refractivity contribution < 1.29 is 28.3 Å². The van der Waals surface area contributed by atoms with Crippen LogP contribution < -0.4 is 10.1 Å². The van der Waals surface area contributed by atoms with Gasteiger partial charge in [-0.1, -0.05) is 36.4 Å².